The van der Waals surface area contributed by atoms with E-state index in [1.807, 2.05) is 6.92 Å². The number of sulfonamides is 1. The van der Waals surface area contributed by atoms with E-state index >= 15 is 0 Å². The average molecular weight is 330 g/mol. The van der Waals surface area contributed by atoms with Crippen molar-refractivity contribution < 1.29 is 22.7 Å². The van der Waals surface area contributed by atoms with Gasteiger partial charge in [-0.3, -0.25) is 0 Å². The van der Waals surface area contributed by atoms with Crippen molar-refractivity contribution in [2.75, 3.05) is 6.54 Å². The van der Waals surface area contributed by atoms with Crippen LogP contribution in [0.3, 0.4) is 0 Å². The molecule has 9 heteroatoms. The first kappa shape index (κ1) is 15.7. The fourth-order valence-corrected chi connectivity index (χ4v) is 3.39. The lowest BCUT2D eigenvalue weighted by Crippen LogP contribution is -2.25. The summed E-state index contributed by atoms with van der Waals surface area (Å²) in [5.41, 5.74) is 0. The number of rotatable bonds is 7. The summed E-state index contributed by atoms with van der Waals surface area (Å²) in [6.45, 7) is 2.19. The highest BCUT2D eigenvalue weighted by Crippen LogP contribution is 2.15. The summed E-state index contributed by atoms with van der Waals surface area (Å²) in [7, 11) is -3.85. The summed E-state index contributed by atoms with van der Waals surface area (Å²) in [4.78, 5) is 16.0. The average Bonchev–Trinajstić information content (AvgIpc) is 3.07. The van der Waals surface area contributed by atoms with Crippen molar-refractivity contribution in [3.05, 3.63) is 34.0 Å². The Labute approximate surface area is 125 Å². The van der Waals surface area contributed by atoms with Gasteiger partial charge in [0.25, 0.3) is 10.0 Å². The topological polar surface area (TPSA) is 110 Å². The van der Waals surface area contributed by atoms with Gasteiger partial charge in [0.05, 0.1) is 5.01 Å². The molecule has 0 saturated carbocycles. The number of aromatic nitrogens is 1. The molecule has 0 aliphatic carbocycles. The monoisotopic (exact) mass is 330 g/mol. The number of nitrogens with one attached hydrogen (secondary N) is 1. The summed E-state index contributed by atoms with van der Waals surface area (Å²) >= 11 is 1.54. The van der Waals surface area contributed by atoms with Gasteiger partial charge in [-0.1, -0.05) is 6.92 Å². The third-order valence-corrected chi connectivity index (χ3v) is 5.17. The molecule has 21 heavy (non-hydrogen) atoms. The molecule has 0 amide bonds. The third-order valence-electron chi connectivity index (χ3n) is 2.64. The van der Waals surface area contributed by atoms with E-state index in [0.717, 1.165) is 28.4 Å². The summed E-state index contributed by atoms with van der Waals surface area (Å²) in [6.07, 6.45) is 3.14. The van der Waals surface area contributed by atoms with Crippen LogP contribution in [0.15, 0.2) is 27.8 Å². The molecular weight excluding hydrogens is 316 g/mol. The van der Waals surface area contributed by atoms with E-state index < -0.39 is 26.8 Å². The number of carboxylic acids is 1. The van der Waals surface area contributed by atoms with Gasteiger partial charge in [0, 0.05) is 24.0 Å². The summed E-state index contributed by atoms with van der Waals surface area (Å²) < 4.78 is 30.9. The van der Waals surface area contributed by atoms with Crippen LogP contribution in [-0.4, -0.2) is 31.0 Å². The van der Waals surface area contributed by atoms with Crippen LogP contribution in [0.1, 0.15) is 27.4 Å². The fourth-order valence-electron chi connectivity index (χ4n) is 1.57. The molecule has 0 unspecified atom stereocenters. The van der Waals surface area contributed by atoms with E-state index in [2.05, 4.69) is 9.71 Å². The van der Waals surface area contributed by atoms with E-state index in [-0.39, 0.29) is 6.54 Å². The lowest BCUT2D eigenvalue weighted by molar-refractivity contribution is 0.0656. The van der Waals surface area contributed by atoms with Gasteiger partial charge >= 0.3 is 5.97 Å². The highest BCUT2D eigenvalue weighted by atomic mass is 32.2. The molecule has 2 N–H and O–H groups in total. The van der Waals surface area contributed by atoms with Gasteiger partial charge in [-0.2, -0.15) is 0 Å². The molecule has 2 rings (SSSR count). The molecule has 2 heterocycles. The minimum Gasteiger partial charge on any atom is -0.475 e. The Morgan fingerprint density at radius 2 is 2.24 bits per heavy atom. The van der Waals surface area contributed by atoms with Gasteiger partial charge in [-0.15, -0.1) is 11.3 Å². The highest BCUT2D eigenvalue weighted by molar-refractivity contribution is 7.89. The molecule has 0 bridgehead atoms. The number of thiazole rings is 1. The molecule has 0 aromatic carbocycles. The number of aryl methyl sites for hydroxylation is 1. The number of carboxylic acid groups (broad SMARTS) is 1. The minimum absolute atomic E-state index is 0.169. The van der Waals surface area contributed by atoms with Crippen molar-refractivity contribution in [3.63, 3.8) is 0 Å². The van der Waals surface area contributed by atoms with E-state index in [1.165, 1.54) is 0 Å². The number of carbonyl (C=O) groups is 1. The van der Waals surface area contributed by atoms with Crippen LogP contribution in [0.5, 0.6) is 0 Å². The number of hydrogen-bond donors (Lipinski definition) is 2. The van der Waals surface area contributed by atoms with Crippen molar-refractivity contribution in [1.29, 1.82) is 0 Å². The second-order valence-electron chi connectivity index (χ2n) is 4.15. The Morgan fingerprint density at radius 3 is 2.81 bits per heavy atom. The Hall–Kier alpha value is -1.71. The first-order valence-corrected chi connectivity index (χ1v) is 8.48. The minimum atomic E-state index is -3.85. The summed E-state index contributed by atoms with van der Waals surface area (Å²) in [6, 6.07) is 2.22. The lowest BCUT2D eigenvalue weighted by Gasteiger charge is -2.02. The number of furan rings is 1. The first-order chi connectivity index (χ1) is 9.92. The number of hydrogen-bond acceptors (Lipinski definition) is 6. The lowest BCUT2D eigenvalue weighted by atomic mass is 10.4. The van der Waals surface area contributed by atoms with E-state index in [4.69, 9.17) is 9.52 Å². The molecule has 0 saturated heterocycles. The Morgan fingerprint density at radius 1 is 1.48 bits per heavy atom. The third kappa shape index (κ3) is 3.90. The van der Waals surface area contributed by atoms with Crippen LogP contribution >= 0.6 is 11.3 Å². The van der Waals surface area contributed by atoms with Crippen LogP contribution in [0.25, 0.3) is 0 Å². The maximum Gasteiger partial charge on any atom is 0.371 e. The standard InChI is InChI=1S/C12H14N2O5S2/c1-2-8-7-13-10(20-8)5-6-14-21(17,18)11-4-3-9(19-11)12(15)16/h3-4,7,14H,2,5-6H2,1H3,(H,15,16). The van der Waals surface area contributed by atoms with Crippen LogP contribution in [0.4, 0.5) is 0 Å². The molecule has 0 spiro atoms. The molecular formula is C12H14N2O5S2. The summed E-state index contributed by atoms with van der Waals surface area (Å²) in [5.74, 6) is -1.73. The van der Waals surface area contributed by atoms with Crippen molar-refractivity contribution >= 4 is 27.3 Å². The zero-order valence-electron chi connectivity index (χ0n) is 11.2. The predicted octanol–water partition coefficient (Wildman–Crippen LogP) is 1.52. The van der Waals surface area contributed by atoms with E-state index in [9.17, 15) is 13.2 Å². The van der Waals surface area contributed by atoms with Gasteiger partial charge in [0.2, 0.25) is 10.9 Å². The smallest absolute Gasteiger partial charge is 0.371 e. The quantitative estimate of drug-likeness (QED) is 0.796. The fraction of sp³-hybridized carbons (Fsp3) is 0.333. The SMILES string of the molecule is CCc1cnc(CCNS(=O)(=O)c2ccc(C(=O)O)o2)s1. The Balaban J connectivity index is 1.95. The zero-order valence-corrected chi connectivity index (χ0v) is 12.8. The van der Waals surface area contributed by atoms with Crippen molar-refractivity contribution in [2.24, 2.45) is 0 Å². The van der Waals surface area contributed by atoms with Crippen LogP contribution < -0.4 is 4.72 Å². The van der Waals surface area contributed by atoms with Crippen LogP contribution in [0, 0.1) is 0 Å². The molecule has 0 fully saturated rings. The molecule has 2 aromatic heterocycles. The van der Waals surface area contributed by atoms with Crippen LogP contribution in [0.2, 0.25) is 0 Å². The van der Waals surface area contributed by atoms with Gasteiger partial charge < -0.3 is 9.52 Å². The zero-order chi connectivity index (χ0) is 15.5. The maximum absolute atomic E-state index is 11.9. The number of nitrogens with zero attached hydrogens (tertiary/aromatic N) is 1. The van der Waals surface area contributed by atoms with Gasteiger partial charge in [-0.05, 0) is 18.6 Å². The van der Waals surface area contributed by atoms with Crippen molar-refractivity contribution in [1.82, 2.24) is 9.71 Å². The highest BCUT2D eigenvalue weighted by Gasteiger charge is 2.20. The predicted molar refractivity (Wildman–Crippen MR) is 76.1 cm³/mol. The molecule has 7 nitrogen and oxygen atoms in total. The molecule has 0 radical (unpaired) electrons. The maximum atomic E-state index is 11.9. The molecule has 0 atom stereocenters. The molecule has 114 valence electrons. The molecule has 0 aliphatic rings. The summed E-state index contributed by atoms with van der Waals surface area (Å²) in [5, 5.41) is 9.14. The van der Waals surface area contributed by atoms with Gasteiger partial charge in [0.15, 0.2) is 0 Å². The first-order valence-electron chi connectivity index (χ1n) is 6.18. The normalized spacial score (nSPS) is 11.7. The Bertz CT molecular complexity index is 732. The van der Waals surface area contributed by atoms with Crippen LogP contribution in [-0.2, 0) is 22.9 Å². The Kier molecular flexibility index (Phi) is 4.76. The van der Waals surface area contributed by atoms with Crippen molar-refractivity contribution in [3.8, 4) is 0 Å². The molecule has 0 aliphatic heterocycles. The second kappa shape index (κ2) is 6.37. The molecule has 2 aromatic rings. The largest absolute Gasteiger partial charge is 0.475 e. The second-order valence-corrected chi connectivity index (χ2v) is 7.04. The van der Waals surface area contributed by atoms with Crippen molar-refractivity contribution in [2.45, 2.75) is 24.9 Å². The van der Waals surface area contributed by atoms with Gasteiger partial charge in [-0.25, -0.2) is 22.9 Å². The van der Waals surface area contributed by atoms with Gasteiger partial charge in [0.1, 0.15) is 0 Å². The number of aromatic carboxylic acids is 1. The van der Waals surface area contributed by atoms with E-state index in [1.54, 1.807) is 17.5 Å². The van der Waals surface area contributed by atoms with E-state index in [0.29, 0.717) is 6.42 Å².